The Hall–Kier alpha value is 0.290. The highest BCUT2D eigenvalue weighted by atomic mass is 35.5. The van der Waals surface area contributed by atoms with Gasteiger partial charge in [0.05, 0.1) is 0 Å². The van der Waals surface area contributed by atoms with E-state index in [1.165, 1.54) is 44.9 Å². The third kappa shape index (κ3) is 1.28. The summed E-state index contributed by atoms with van der Waals surface area (Å²) >= 11 is 6.20. The Kier molecular flexibility index (Phi) is 2.37. The standard InChI is InChI=1S/C11H19Cl/c1-9(12)10-5-8-11(10)6-3-2-4-7-11/h9-10H,2-8H2,1H3. The van der Waals surface area contributed by atoms with E-state index in [9.17, 15) is 0 Å². The number of hydrogen-bond donors (Lipinski definition) is 0. The second-order valence-corrected chi connectivity index (χ2v) is 5.43. The second-order valence-electron chi connectivity index (χ2n) is 4.75. The zero-order valence-electron chi connectivity index (χ0n) is 7.98. The largest absolute Gasteiger partial charge is 0.123 e. The molecule has 2 unspecified atom stereocenters. The third-order valence-electron chi connectivity index (χ3n) is 4.14. The Bertz CT molecular complexity index is 156. The number of alkyl halides is 1. The monoisotopic (exact) mass is 186 g/mol. The van der Waals surface area contributed by atoms with Crippen LogP contribution in [0.15, 0.2) is 0 Å². The van der Waals surface area contributed by atoms with Gasteiger partial charge in [0.25, 0.3) is 0 Å². The van der Waals surface area contributed by atoms with E-state index in [1.54, 1.807) is 0 Å². The van der Waals surface area contributed by atoms with Gasteiger partial charge in [-0.05, 0) is 43.9 Å². The predicted octanol–water partition coefficient (Wildman–Crippen LogP) is 3.97. The lowest BCUT2D eigenvalue weighted by atomic mass is 9.53. The maximum absolute atomic E-state index is 6.20. The molecule has 0 aromatic heterocycles. The lowest BCUT2D eigenvalue weighted by molar-refractivity contribution is -0.00867. The van der Waals surface area contributed by atoms with Crippen LogP contribution in [-0.4, -0.2) is 5.38 Å². The van der Waals surface area contributed by atoms with E-state index >= 15 is 0 Å². The average Bonchev–Trinajstić information content (AvgIpc) is 2.03. The average molecular weight is 187 g/mol. The normalized spacial score (nSPS) is 36.0. The molecule has 0 radical (unpaired) electrons. The summed E-state index contributed by atoms with van der Waals surface area (Å²) in [4.78, 5) is 0. The van der Waals surface area contributed by atoms with Crippen molar-refractivity contribution in [3.05, 3.63) is 0 Å². The molecular weight excluding hydrogens is 168 g/mol. The Balaban J connectivity index is 2.00. The van der Waals surface area contributed by atoms with E-state index in [4.69, 9.17) is 11.6 Å². The maximum Gasteiger partial charge on any atom is 0.0341 e. The molecule has 0 aliphatic heterocycles. The lowest BCUT2D eigenvalue weighted by Crippen LogP contribution is -2.45. The minimum atomic E-state index is 0.414. The van der Waals surface area contributed by atoms with Crippen LogP contribution in [0.5, 0.6) is 0 Å². The second kappa shape index (κ2) is 3.21. The van der Waals surface area contributed by atoms with E-state index < -0.39 is 0 Å². The van der Waals surface area contributed by atoms with Crippen LogP contribution < -0.4 is 0 Å². The summed E-state index contributed by atoms with van der Waals surface area (Å²) in [5.41, 5.74) is 0.708. The van der Waals surface area contributed by atoms with Crippen molar-refractivity contribution in [2.75, 3.05) is 0 Å². The molecule has 0 bridgehead atoms. The Labute approximate surface area is 80.7 Å². The fraction of sp³-hybridized carbons (Fsp3) is 1.00. The van der Waals surface area contributed by atoms with Crippen LogP contribution in [0.25, 0.3) is 0 Å². The first-order chi connectivity index (χ1) is 5.75. The smallest absolute Gasteiger partial charge is 0.0341 e. The van der Waals surface area contributed by atoms with E-state index in [0.29, 0.717) is 10.8 Å². The van der Waals surface area contributed by atoms with Crippen LogP contribution in [0.1, 0.15) is 51.9 Å². The molecule has 0 saturated heterocycles. The molecule has 0 aromatic carbocycles. The maximum atomic E-state index is 6.20. The van der Waals surface area contributed by atoms with Gasteiger partial charge < -0.3 is 0 Å². The molecule has 0 N–H and O–H groups in total. The van der Waals surface area contributed by atoms with Crippen molar-refractivity contribution in [3.63, 3.8) is 0 Å². The molecule has 2 saturated carbocycles. The van der Waals surface area contributed by atoms with Crippen molar-refractivity contribution in [1.82, 2.24) is 0 Å². The van der Waals surface area contributed by atoms with Crippen molar-refractivity contribution >= 4 is 11.6 Å². The number of rotatable bonds is 1. The van der Waals surface area contributed by atoms with E-state index in [0.717, 1.165) is 5.92 Å². The van der Waals surface area contributed by atoms with Gasteiger partial charge in [-0.3, -0.25) is 0 Å². The molecule has 0 heterocycles. The van der Waals surface area contributed by atoms with Gasteiger partial charge in [0.2, 0.25) is 0 Å². The van der Waals surface area contributed by atoms with Gasteiger partial charge >= 0.3 is 0 Å². The van der Waals surface area contributed by atoms with Crippen LogP contribution in [0.4, 0.5) is 0 Å². The van der Waals surface area contributed by atoms with Crippen molar-refractivity contribution in [1.29, 1.82) is 0 Å². The summed E-state index contributed by atoms with van der Waals surface area (Å²) in [7, 11) is 0. The Morgan fingerprint density at radius 2 is 1.83 bits per heavy atom. The van der Waals surface area contributed by atoms with Crippen LogP contribution in [0.2, 0.25) is 0 Å². The van der Waals surface area contributed by atoms with E-state index in [-0.39, 0.29) is 0 Å². The molecule has 2 fully saturated rings. The minimum absolute atomic E-state index is 0.414. The topological polar surface area (TPSA) is 0 Å². The molecule has 0 amide bonds. The molecule has 2 atom stereocenters. The van der Waals surface area contributed by atoms with Gasteiger partial charge in [-0.25, -0.2) is 0 Å². The zero-order valence-corrected chi connectivity index (χ0v) is 8.74. The number of hydrogen-bond acceptors (Lipinski definition) is 0. The van der Waals surface area contributed by atoms with Crippen molar-refractivity contribution in [2.45, 2.75) is 57.2 Å². The SMILES string of the molecule is CC(Cl)C1CCC12CCCCC2. The van der Waals surface area contributed by atoms with Crippen molar-refractivity contribution < 1.29 is 0 Å². The fourth-order valence-electron chi connectivity index (χ4n) is 3.31. The molecule has 12 heavy (non-hydrogen) atoms. The summed E-state index contributed by atoms with van der Waals surface area (Å²) in [5.74, 6) is 0.847. The molecular formula is C11H19Cl. The highest BCUT2D eigenvalue weighted by Gasteiger charge is 2.48. The molecule has 0 aromatic rings. The van der Waals surface area contributed by atoms with Gasteiger partial charge in [0, 0.05) is 5.38 Å². The van der Waals surface area contributed by atoms with Crippen LogP contribution >= 0.6 is 11.6 Å². The molecule has 2 aliphatic carbocycles. The summed E-state index contributed by atoms with van der Waals surface area (Å²) in [5, 5.41) is 0.414. The highest BCUT2D eigenvalue weighted by molar-refractivity contribution is 6.20. The Morgan fingerprint density at radius 3 is 2.25 bits per heavy atom. The van der Waals surface area contributed by atoms with Gasteiger partial charge in [0.15, 0.2) is 0 Å². The first kappa shape index (κ1) is 8.87. The fourth-order valence-corrected chi connectivity index (χ4v) is 3.71. The van der Waals surface area contributed by atoms with Gasteiger partial charge in [0.1, 0.15) is 0 Å². The summed E-state index contributed by atoms with van der Waals surface area (Å²) in [6.45, 7) is 2.18. The van der Waals surface area contributed by atoms with Crippen molar-refractivity contribution in [2.24, 2.45) is 11.3 Å². The summed E-state index contributed by atoms with van der Waals surface area (Å²) in [6.07, 6.45) is 10.2. The lowest BCUT2D eigenvalue weighted by Gasteiger charge is -2.53. The number of halogens is 1. The molecule has 2 aliphatic rings. The molecule has 1 spiro atoms. The van der Waals surface area contributed by atoms with Crippen molar-refractivity contribution in [3.8, 4) is 0 Å². The Morgan fingerprint density at radius 1 is 1.17 bits per heavy atom. The highest BCUT2D eigenvalue weighted by Crippen LogP contribution is 2.57. The molecule has 70 valence electrons. The van der Waals surface area contributed by atoms with Gasteiger partial charge in [-0.15, -0.1) is 11.6 Å². The molecule has 0 nitrogen and oxygen atoms in total. The van der Waals surface area contributed by atoms with E-state index in [1.807, 2.05) is 0 Å². The van der Waals surface area contributed by atoms with Crippen LogP contribution in [-0.2, 0) is 0 Å². The molecule has 2 rings (SSSR count). The quantitative estimate of drug-likeness (QED) is 0.544. The van der Waals surface area contributed by atoms with Crippen LogP contribution in [0.3, 0.4) is 0 Å². The van der Waals surface area contributed by atoms with Gasteiger partial charge in [-0.2, -0.15) is 0 Å². The zero-order chi connectivity index (χ0) is 8.60. The predicted molar refractivity (Wildman–Crippen MR) is 53.6 cm³/mol. The summed E-state index contributed by atoms with van der Waals surface area (Å²) < 4.78 is 0. The van der Waals surface area contributed by atoms with Gasteiger partial charge in [-0.1, -0.05) is 19.3 Å². The summed E-state index contributed by atoms with van der Waals surface area (Å²) in [6, 6.07) is 0. The third-order valence-corrected chi connectivity index (χ3v) is 4.45. The molecule has 1 heteroatoms. The first-order valence-electron chi connectivity index (χ1n) is 5.39. The van der Waals surface area contributed by atoms with Crippen LogP contribution in [0, 0.1) is 11.3 Å². The minimum Gasteiger partial charge on any atom is -0.123 e. The first-order valence-corrected chi connectivity index (χ1v) is 5.82. The van der Waals surface area contributed by atoms with E-state index in [2.05, 4.69) is 6.92 Å².